The van der Waals surface area contributed by atoms with Gasteiger partial charge in [0.15, 0.2) is 5.69 Å². The third-order valence-corrected chi connectivity index (χ3v) is 3.33. The Balaban J connectivity index is 2.05. The minimum atomic E-state index is -0.159. The van der Waals surface area contributed by atoms with Crippen LogP contribution in [0.15, 0.2) is 6.20 Å². The van der Waals surface area contributed by atoms with Crippen LogP contribution in [0.4, 0.5) is 5.69 Å². The van der Waals surface area contributed by atoms with Crippen LogP contribution in [0.3, 0.4) is 0 Å². The van der Waals surface area contributed by atoms with Crippen molar-refractivity contribution in [2.45, 2.75) is 20.4 Å². The number of nitrogens with zero attached hydrogens (tertiary/aromatic N) is 4. The number of nitrogens with two attached hydrogens (primary N) is 1. The molecule has 0 saturated carbocycles. The average Bonchev–Trinajstić information content (AvgIpc) is 2.79. The largest absolute Gasteiger partial charge is 0.396 e. The van der Waals surface area contributed by atoms with Gasteiger partial charge in [-0.3, -0.25) is 14.3 Å². The first-order valence-electron chi connectivity index (χ1n) is 6.40. The summed E-state index contributed by atoms with van der Waals surface area (Å²) in [6.07, 6.45) is 1.67. The molecular weight excluding hydrogens is 246 g/mol. The van der Waals surface area contributed by atoms with E-state index in [0.29, 0.717) is 44.1 Å². The average molecular weight is 265 g/mol. The van der Waals surface area contributed by atoms with Gasteiger partial charge in [0.25, 0.3) is 5.91 Å². The summed E-state index contributed by atoms with van der Waals surface area (Å²) in [5, 5.41) is 4.18. The van der Waals surface area contributed by atoms with Gasteiger partial charge in [-0.25, -0.2) is 0 Å². The van der Waals surface area contributed by atoms with E-state index in [2.05, 4.69) is 5.10 Å². The minimum absolute atomic E-state index is 0.0434. The van der Waals surface area contributed by atoms with Gasteiger partial charge in [-0.1, -0.05) is 0 Å². The van der Waals surface area contributed by atoms with Crippen molar-refractivity contribution in [1.29, 1.82) is 0 Å². The number of piperazine rings is 1. The van der Waals surface area contributed by atoms with Gasteiger partial charge in [0, 0.05) is 45.8 Å². The maximum atomic E-state index is 12.3. The van der Waals surface area contributed by atoms with E-state index in [9.17, 15) is 9.59 Å². The fourth-order valence-electron chi connectivity index (χ4n) is 2.14. The van der Waals surface area contributed by atoms with E-state index in [1.165, 1.54) is 0 Å². The summed E-state index contributed by atoms with van der Waals surface area (Å²) in [4.78, 5) is 26.9. The highest BCUT2D eigenvalue weighted by atomic mass is 16.2. The van der Waals surface area contributed by atoms with Crippen molar-refractivity contribution in [1.82, 2.24) is 19.6 Å². The predicted octanol–water partition coefficient (Wildman–Crippen LogP) is -0.210. The number of carbonyl (C=O) groups excluding carboxylic acids is 2. The molecule has 1 saturated heterocycles. The number of anilines is 1. The molecule has 0 spiro atoms. The molecule has 0 atom stereocenters. The summed E-state index contributed by atoms with van der Waals surface area (Å²) >= 11 is 0. The van der Waals surface area contributed by atoms with Crippen LogP contribution in [0, 0.1) is 0 Å². The summed E-state index contributed by atoms with van der Waals surface area (Å²) in [5.74, 6) is -0.116. The summed E-state index contributed by atoms with van der Waals surface area (Å²) in [6, 6.07) is 0. The van der Waals surface area contributed by atoms with Gasteiger partial charge in [0.05, 0.1) is 5.69 Å². The lowest BCUT2D eigenvalue weighted by molar-refractivity contribution is -0.130. The Hall–Kier alpha value is -2.05. The smallest absolute Gasteiger partial charge is 0.276 e. The van der Waals surface area contributed by atoms with Gasteiger partial charge in [-0.05, 0) is 6.92 Å². The number of aromatic nitrogens is 2. The molecule has 1 aromatic rings. The third kappa shape index (κ3) is 2.69. The molecule has 1 aromatic heterocycles. The van der Waals surface area contributed by atoms with Crippen LogP contribution in [0.1, 0.15) is 24.3 Å². The van der Waals surface area contributed by atoms with Gasteiger partial charge < -0.3 is 15.5 Å². The quantitative estimate of drug-likeness (QED) is 0.802. The number of amides is 2. The van der Waals surface area contributed by atoms with E-state index < -0.39 is 0 Å². The number of nitrogen functional groups attached to an aromatic ring is 1. The highest BCUT2D eigenvalue weighted by Gasteiger charge is 2.26. The molecule has 0 aromatic carbocycles. The molecule has 1 fully saturated rings. The van der Waals surface area contributed by atoms with Crippen LogP contribution < -0.4 is 5.73 Å². The van der Waals surface area contributed by atoms with Gasteiger partial charge in [-0.2, -0.15) is 5.10 Å². The molecule has 7 heteroatoms. The monoisotopic (exact) mass is 265 g/mol. The third-order valence-electron chi connectivity index (χ3n) is 3.33. The summed E-state index contributed by atoms with van der Waals surface area (Å²) in [6.45, 7) is 6.33. The van der Waals surface area contributed by atoms with Gasteiger partial charge in [0.1, 0.15) is 0 Å². The van der Waals surface area contributed by atoms with Gasteiger partial charge in [0.2, 0.25) is 5.91 Å². The van der Waals surface area contributed by atoms with E-state index in [0.717, 1.165) is 0 Å². The minimum Gasteiger partial charge on any atom is -0.396 e. The summed E-state index contributed by atoms with van der Waals surface area (Å²) in [5.41, 5.74) is 6.51. The second-order valence-electron chi connectivity index (χ2n) is 4.59. The van der Waals surface area contributed by atoms with Crippen LogP contribution in [-0.2, 0) is 11.3 Å². The Labute approximate surface area is 111 Å². The first kappa shape index (κ1) is 13.4. The molecule has 104 valence electrons. The fraction of sp³-hybridized carbons (Fsp3) is 0.583. The Morgan fingerprint density at radius 2 is 1.84 bits per heavy atom. The van der Waals surface area contributed by atoms with Crippen LogP contribution in [0.25, 0.3) is 0 Å². The molecule has 0 aliphatic carbocycles. The van der Waals surface area contributed by atoms with Crippen LogP contribution >= 0.6 is 0 Å². The highest BCUT2D eigenvalue weighted by molar-refractivity contribution is 5.97. The van der Waals surface area contributed by atoms with Gasteiger partial charge >= 0.3 is 0 Å². The molecule has 0 unspecified atom stereocenters. The Kier molecular flexibility index (Phi) is 3.73. The SMILES string of the molecule is CCn1cc(N)c(C(=O)N2CCN(C(C)=O)CC2)n1. The van der Waals surface area contributed by atoms with Crippen molar-refractivity contribution >= 4 is 17.5 Å². The Morgan fingerprint density at radius 3 is 2.32 bits per heavy atom. The zero-order valence-corrected chi connectivity index (χ0v) is 11.3. The van der Waals surface area contributed by atoms with Crippen LogP contribution in [0.5, 0.6) is 0 Å². The molecule has 1 aliphatic heterocycles. The van der Waals surface area contributed by atoms with E-state index in [1.54, 1.807) is 27.6 Å². The van der Waals surface area contributed by atoms with Crippen molar-refractivity contribution in [2.75, 3.05) is 31.9 Å². The fourth-order valence-corrected chi connectivity index (χ4v) is 2.14. The van der Waals surface area contributed by atoms with E-state index >= 15 is 0 Å². The molecule has 2 amide bonds. The second kappa shape index (κ2) is 5.29. The standard InChI is InChI=1S/C12H19N5O2/c1-3-17-8-10(13)11(14-17)12(19)16-6-4-15(5-7-16)9(2)18/h8H,3-7,13H2,1-2H3. The van der Waals surface area contributed by atoms with Crippen molar-refractivity contribution < 1.29 is 9.59 Å². The first-order chi connectivity index (χ1) is 9.02. The van der Waals surface area contributed by atoms with Gasteiger partial charge in [-0.15, -0.1) is 0 Å². The van der Waals surface area contributed by atoms with Crippen molar-refractivity contribution in [3.05, 3.63) is 11.9 Å². The summed E-state index contributed by atoms with van der Waals surface area (Å²) in [7, 11) is 0. The summed E-state index contributed by atoms with van der Waals surface area (Å²) < 4.78 is 1.65. The van der Waals surface area contributed by atoms with Crippen molar-refractivity contribution in [3.63, 3.8) is 0 Å². The van der Waals surface area contributed by atoms with E-state index in [4.69, 9.17) is 5.73 Å². The number of carbonyl (C=O) groups is 2. The lowest BCUT2D eigenvalue weighted by atomic mass is 10.2. The van der Waals surface area contributed by atoms with Crippen LogP contribution in [0.2, 0.25) is 0 Å². The maximum Gasteiger partial charge on any atom is 0.276 e. The van der Waals surface area contributed by atoms with E-state index in [1.807, 2.05) is 6.92 Å². The van der Waals surface area contributed by atoms with Crippen molar-refractivity contribution in [3.8, 4) is 0 Å². The number of rotatable bonds is 2. The molecule has 2 N–H and O–H groups in total. The molecule has 0 bridgehead atoms. The molecule has 7 nitrogen and oxygen atoms in total. The Bertz CT molecular complexity index is 488. The number of hydrogen-bond acceptors (Lipinski definition) is 4. The normalized spacial score (nSPS) is 15.7. The molecule has 19 heavy (non-hydrogen) atoms. The molecule has 2 heterocycles. The molecular formula is C12H19N5O2. The lowest BCUT2D eigenvalue weighted by Crippen LogP contribution is -2.50. The Morgan fingerprint density at radius 1 is 1.26 bits per heavy atom. The first-order valence-corrected chi connectivity index (χ1v) is 6.40. The zero-order chi connectivity index (χ0) is 14.0. The zero-order valence-electron chi connectivity index (χ0n) is 11.3. The molecule has 1 aliphatic rings. The number of hydrogen-bond donors (Lipinski definition) is 1. The maximum absolute atomic E-state index is 12.3. The van der Waals surface area contributed by atoms with Crippen molar-refractivity contribution in [2.24, 2.45) is 0 Å². The molecule has 0 radical (unpaired) electrons. The predicted molar refractivity (Wildman–Crippen MR) is 70.5 cm³/mol. The van der Waals surface area contributed by atoms with E-state index in [-0.39, 0.29) is 11.8 Å². The molecule has 2 rings (SSSR count). The second-order valence-corrected chi connectivity index (χ2v) is 4.59. The lowest BCUT2D eigenvalue weighted by Gasteiger charge is -2.33. The number of aryl methyl sites for hydroxylation is 1. The van der Waals surface area contributed by atoms with Crippen LogP contribution in [-0.4, -0.2) is 57.6 Å². The highest BCUT2D eigenvalue weighted by Crippen LogP contribution is 2.14. The topological polar surface area (TPSA) is 84.5 Å².